The fourth-order valence-corrected chi connectivity index (χ4v) is 8.06. The van der Waals surface area contributed by atoms with Crippen LogP contribution in [0.4, 0.5) is 0 Å². The highest BCUT2D eigenvalue weighted by Gasteiger charge is 2.41. The van der Waals surface area contributed by atoms with Crippen LogP contribution >= 0.6 is 0 Å². The van der Waals surface area contributed by atoms with Crippen molar-refractivity contribution in [3.63, 3.8) is 0 Å². The van der Waals surface area contributed by atoms with Gasteiger partial charge in [0.15, 0.2) is 0 Å². The van der Waals surface area contributed by atoms with Gasteiger partial charge in [-0.25, -0.2) is 0 Å². The van der Waals surface area contributed by atoms with Gasteiger partial charge in [-0.2, -0.15) is 5.26 Å². The van der Waals surface area contributed by atoms with E-state index in [0.29, 0.717) is 44.4 Å². The summed E-state index contributed by atoms with van der Waals surface area (Å²) in [6.07, 6.45) is 10.9. The van der Waals surface area contributed by atoms with Crippen molar-refractivity contribution in [3.8, 4) is 17.6 Å². The van der Waals surface area contributed by atoms with Gasteiger partial charge in [-0.3, -0.25) is 14.4 Å². The van der Waals surface area contributed by atoms with E-state index in [0.717, 1.165) is 35.6 Å². The average Bonchev–Trinajstić information content (AvgIpc) is 3.15. The van der Waals surface area contributed by atoms with Crippen LogP contribution in [0.15, 0.2) is 66.7 Å². The number of rotatable bonds is 12. The van der Waals surface area contributed by atoms with Gasteiger partial charge in [0.25, 0.3) is 5.91 Å². The summed E-state index contributed by atoms with van der Waals surface area (Å²) in [6, 6.07) is 18.9. The summed E-state index contributed by atoms with van der Waals surface area (Å²) in [4.78, 5) is 40.9. The third-order valence-corrected chi connectivity index (χ3v) is 11.7. The van der Waals surface area contributed by atoms with Crippen molar-refractivity contribution in [2.24, 2.45) is 22.7 Å². The standard InChI is InChI=1S/C43H51N3O6/c1-5-28-12-9-16-35(38(28)40(48)45-27-42(2)19-10-20-42)46-39(47)34-24-36(31(25-44)23-37(34)50-4)52-32-17-21-43(3,22-18-32)41(49)51-26-30-14-8-13-29-11-6-7-15-33(29)30/h6-9,11-15,23-24,28,32,35,38H,5,10,16-22,26-27H2,1-4H3,(H,45,48)(H,46,47)/t28-,32-,35-,38+,43+/m1/s1. The molecule has 3 aromatic carbocycles. The number of amides is 2. The van der Waals surface area contributed by atoms with E-state index in [-0.39, 0.29) is 52.8 Å². The first-order valence-electron chi connectivity index (χ1n) is 18.7. The first-order valence-corrected chi connectivity index (χ1v) is 18.7. The highest BCUT2D eigenvalue weighted by molar-refractivity contribution is 5.98. The molecule has 2 fully saturated rings. The van der Waals surface area contributed by atoms with Crippen molar-refractivity contribution < 1.29 is 28.6 Å². The molecule has 3 atom stereocenters. The molecule has 0 radical (unpaired) electrons. The Balaban J connectivity index is 1.11. The largest absolute Gasteiger partial charge is 0.496 e. The predicted molar refractivity (Wildman–Crippen MR) is 200 cm³/mol. The van der Waals surface area contributed by atoms with E-state index in [1.165, 1.54) is 19.6 Å². The SMILES string of the molecule is CC[C@@H]1C=CC[C@@H](NC(=O)c2cc(O[C@H]3CC[C@@](C)(C(=O)OCc4cccc5ccccc45)CC3)c(C#N)cc2OC)[C@H]1C(=O)NCC1(C)CCC1. The molecule has 0 saturated heterocycles. The molecule has 0 heterocycles. The molecule has 9 heteroatoms. The normalized spacial score (nSPS) is 24.9. The number of carbonyl (C=O) groups excluding carboxylic acids is 3. The minimum Gasteiger partial charge on any atom is -0.496 e. The molecule has 2 N–H and O–H groups in total. The summed E-state index contributed by atoms with van der Waals surface area (Å²) >= 11 is 0. The zero-order valence-electron chi connectivity index (χ0n) is 30.8. The van der Waals surface area contributed by atoms with Crippen LogP contribution in [0.5, 0.6) is 11.5 Å². The Morgan fingerprint density at radius 1 is 0.981 bits per heavy atom. The number of carbonyl (C=O) groups is 3. The van der Waals surface area contributed by atoms with Crippen molar-refractivity contribution in [2.45, 2.75) is 97.3 Å². The molecule has 3 aromatic rings. The van der Waals surface area contributed by atoms with E-state index < -0.39 is 23.3 Å². The lowest BCUT2D eigenvalue weighted by Gasteiger charge is -2.40. The lowest BCUT2D eigenvalue weighted by Crippen LogP contribution is -2.52. The molecule has 9 nitrogen and oxygen atoms in total. The summed E-state index contributed by atoms with van der Waals surface area (Å²) in [5.41, 5.74) is 0.947. The molecular formula is C43H51N3O6. The van der Waals surface area contributed by atoms with Crippen LogP contribution in [0, 0.1) is 34.0 Å². The van der Waals surface area contributed by atoms with E-state index in [1.54, 1.807) is 6.07 Å². The topological polar surface area (TPSA) is 127 Å². The predicted octanol–water partition coefficient (Wildman–Crippen LogP) is 7.80. The Morgan fingerprint density at radius 3 is 2.42 bits per heavy atom. The van der Waals surface area contributed by atoms with Gasteiger partial charge in [0.1, 0.15) is 24.2 Å². The number of hydrogen-bond acceptors (Lipinski definition) is 7. The Labute approximate surface area is 307 Å². The van der Waals surface area contributed by atoms with Gasteiger partial charge < -0.3 is 24.8 Å². The summed E-state index contributed by atoms with van der Waals surface area (Å²) in [5, 5.41) is 18.5. The second-order valence-electron chi connectivity index (χ2n) is 15.5. The second-order valence-corrected chi connectivity index (χ2v) is 15.5. The monoisotopic (exact) mass is 705 g/mol. The zero-order chi connectivity index (χ0) is 36.9. The molecule has 0 spiro atoms. The molecule has 52 heavy (non-hydrogen) atoms. The molecule has 3 aliphatic rings. The summed E-state index contributed by atoms with van der Waals surface area (Å²) < 4.78 is 17.8. The van der Waals surface area contributed by atoms with Crippen LogP contribution < -0.4 is 20.1 Å². The molecule has 2 amide bonds. The number of nitrogens with zero attached hydrogens (tertiary/aromatic N) is 1. The Hall–Kier alpha value is -4.84. The van der Waals surface area contributed by atoms with Crippen LogP contribution in [0.25, 0.3) is 10.8 Å². The molecule has 0 aliphatic heterocycles. The van der Waals surface area contributed by atoms with Gasteiger partial charge in [0, 0.05) is 18.7 Å². The van der Waals surface area contributed by atoms with Gasteiger partial charge in [0.05, 0.1) is 35.7 Å². The van der Waals surface area contributed by atoms with Crippen LogP contribution in [0.1, 0.15) is 100 Å². The van der Waals surface area contributed by atoms with E-state index >= 15 is 0 Å². The number of ether oxygens (including phenoxy) is 3. The second kappa shape index (κ2) is 15.8. The summed E-state index contributed by atoms with van der Waals surface area (Å²) in [5.74, 6) is -0.516. The maximum absolute atomic E-state index is 13.9. The first-order chi connectivity index (χ1) is 25.1. The molecule has 0 bridgehead atoms. The van der Waals surface area contributed by atoms with Crippen molar-refractivity contribution in [3.05, 3.63) is 83.4 Å². The number of nitrogens with one attached hydrogen (secondary N) is 2. The highest BCUT2D eigenvalue weighted by atomic mass is 16.5. The maximum atomic E-state index is 13.9. The Kier molecular flexibility index (Phi) is 11.2. The minimum atomic E-state index is -0.656. The number of hydrogen-bond donors (Lipinski definition) is 2. The number of nitriles is 1. The van der Waals surface area contributed by atoms with E-state index in [1.807, 2.05) is 55.5 Å². The van der Waals surface area contributed by atoms with Gasteiger partial charge in [-0.05, 0) is 92.0 Å². The van der Waals surface area contributed by atoms with Gasteiger partial charge in [-0.15, -0.1) is 0 Å². The first kappa shape index (κ1) is 36.9. The van der Waals surface area contributed by atoms with E-state index in [9.17, 15) is 19.6 Å². The molecule has 2 saturated carbocycles. The lowest BCUT2D eigenvalue weighted by atomic mass is 9.70. The molecule has 0 unspecified atom stereocenters. The third kappa shape index (κ3) is 7.96. The quantitative estimate of drug-likeness (QED) is 0.145. The maximum Gasteiger partial charge on any atom is 0.312 e. The van der Waals surface area contributed by atoms with Crippen LogP contribution in [-0.2, 0) is 20.9 Å². The Bertz CT molecular complexity index is 1860. The summed E-state index contributed by atoms with van der Waals surface area (Å²) in [6.45, 7) is 7.05. The number of allylic oxidation sites excluding steroid dienone is 1. The van der Waals surface area contributed by atoms with Crippen molar-refractivity contribution >= 4 is 28.6 Å². The lowest BCUT2D eigenvalue weighted by molar-refractivity contribution is -0.159. The number of esters is 1. The van der Waals surface area contributed by atoms with Gasteiger partial charge in [0.2, 0.25) is 5.91 Å². The van der Waals surface area contributed by atoms with E-state index in [4.69, 9.17) is 14.2 Å². The average molecular weight is 706 g/mol. The fraction of sp³-hybridized carbons (Fsp3) is 0.488. The van der Waals surface area contributed by atoms with Crippen molar-refractivity contribution in [1.29, 1.82) is 5.26 Å². The van der Waals surface area contributed by atoms with Gasteiger partial charge in [-0.1, -0.05) is 74.9 Å². The van der Waals surface area contributed by atoms with E-state index in [2.05, 4.69) is 36.6 Å². The smallest absolute Gasteiger partial charge is 0.312 e. The van der Waals surface area contributed by atoms with Crippen LogP contribution in [0.3, 0.4) is 0 Å². The Morgan fingerprint density at radius 2 is 1.73 bits per heavy atom. The molecule has 6 rings (SSSR count). The highest BCUT2D eigenvalue weighted by Crippen LogP contribution is 2.41. The fourth-order valence-electron chi connectivity index (χ4n) is 8.06. The van der Waals surface area contributed by atoms with Crippen LogP contribution in [0.2, 0.25) is 0 Å². The molecular weight excluding hydrogens is 654 g/mol. The molecule has 274 valence electrons. The number of methoxy groups -OCH3 is 1. The third-order valence-electron chi connectivity index (χ3n) is 11.7. The molecule has 3 aliphatic carbocycles. The summed E-state index contributed by atoms with van der Waals surface area (Å²) in [7, 11) is 1.46. The molecule has 0 aromatic heterocycles. The van der Waals surface area contributed by atoms with Crippen molar-refractivity contribution in [1.82, 2.24) is 10.6 Å². The van der Waals surface area contributed by atoms with Gasteiger partial charge >= 0.3 is 5.97 Å². The minimum absolute atomic E-state index is 0.00231. The zero-order valence-corrected chi connectivity index (χ0v) is 30.8. The number of fused-ring (bicyclic) bond motifs is 1. The van der Waals surface area contributed by atoms with Crippen LogP contribution in [-0.4, -0.2) is 43.6 Å². The number of benzene rings is 3. The van der Waals surface area contributed by atoms with Crippen molar-refractivity contribution in [2.75, 3.05) is 13.7 Å².